The summed E-state index contributed by atoms with van der Waals surface area (Å²) >= 11 is 0. The van der Waals surface area contributed by atoms with Crippen LogP contribution in [0.15, 0.2) is 54.1 Å². The van der Waals surface area contributed by atoms with E-state index in [1.165, 1.54) is 6.08 Å². The van der Waals surface area contributed by atoms with Crippen LogP contribution >= 0.6 is 0 Å². The standard InChI is InChI=1S/C22H21NO5/c1-3-16-7-5-9-19(12-16)27-15-21(24)28-20-10-6-8-17(13-20)11-18(14-23)22(25)26-4-2/h5-13H,3-4,15H2,1-2H3/b18-11+. The first-order chi connectivity index (χ1) is 13.5. The van der Waals surface area contributed by atoms with Crippen molar-refractivity contribution in [2.24, 2.45) is 0 Å². The molecular formula is C22H21NO5. The number of benzene rings is 2. The van der Waals surface area contributed by atoms with Crippen molar-refractivity contribution in [3.05, 3.63) is 65.2 Å². The molecular weight excluding hydrogens is 358 g/mol. The summed E-state index contributed by atoms with van der Waals surface area (Å²) in [5.74, 6) is -0.379. The fraction of sp³-hybridized carbons (Fsp3) is 0.227. The first-order valence-electron chi connectivity index (χ1n) is 8.87. The zero-order chi connectivity index (χ0) is 20.4. The molecule has 2 rings (SSSR count). The maximum absolute atomic E-state index is 12.0. The lowest BCUT2D eigenvalue weighted by Crippen LogP contribution is -2.17. The van der Waals surface area contributed by atoms with Gasteiger partial charge in [0.2, 0.25) is 0 Å². The Bertz CT molecular complexity index is 911. The van der Waals surface area contributed by atoms with Gasteiger partial charge in [-0.3, -0.25) is 0 Å². The number of hydrogen-bond acceptors (Lipinski definition) is 6. The predicted octanol–water partition coefficient (Wildman–Crippen LogP) is 3.70. The summed E-state index contributed by atoms with van der Waals surface area (Å²) in [5, 5.41) is 9.09. The van der Waals surface area contributed by atoms with Gasteiger partial charge in [0.15, 0.2) is 6.61 Å². The highest BCUT2D eigenvalue weighted by Gasteiger charge is 2.11. The van der Waals surface area contributed by atoms with E-state index >= 15 is 0 Å². The molecule has 0 unspecified atom stereocenters. The molecule has 0 N–H and O–H groups in total. The van der Waals surface area contributed by atoms with E-state index < -0.39 is 11.9 Å². The Labute approximate surface area is 164 Å². The minimum absolute atomic E-state index is 0.135. The van der Waals surface area contributed by atoms with Crippen molar-refractivity contribution < 1.29 is 23.8 Å². The fourth-order valence-electron chi connectivity index (χ4n) is 2.34. The molecule has 144 valence electrons. The average Bonchev–Trinajstić information content (AvgIpc) is 2.71. The second-order valence-corrected chi connectivity index (χ2v) is 5.73. The lowest BCUT2D eigenvalue weighted by atomic mass is 10.1. The summed E-state index contributed by atoms with van der Waals surface area (Å²) in [6, 6.07) is 15.8. The van der Waals surface area contributed by atoms with Crippen LogP contribution in [0.25, 0.3) is 6.08 Å². The summed E-state index contributed by atoms with van der Waals surface area (Å²) < 4.78 is 15.5. The summed E-state index contributed by atoms with van der Waals surface area (Å²) in [5.41, 5.74) is 1.51. The monoisotopic (exact) mass is 379 g/mol. The largest absolute Gasteiger partial charge is 0.482 e. The van der Waals surface area contributed by atoms with Crippen molar-refractivity contribution in [2.45, 2.75) is 20.3 Å². The van der Waals surface area contributed by atoms with Gasteiger partial charge in [0.1, 0.15) is 23.1 Å². The van der Waals surface area contributed by atoms with Crippen LogP contribution in [0.1, 0.15) is 25.0 Å². The number of nitriles is 1. The highest BCUT2D eigenvalue weighted by atomic mass is 16.6. The molecule has 0 aliphatic carbocycles. The fourth-order valence-corrected chi connectivity index (χ4v) is 2.34. The molecule has 0 heterocycles. The van der Waals surface area contributed by atoms with E-state index in [4.69, 9.17) is 19.5 Å². The van der Waals surface area contributed by atoms with Crippen LogP contribution < -0.4 is 9.47 Å². The Hall–Kier alpha value is -3.59. The molecule has 2 aromatic carbocycles. The normalized spacial score (nSPS) is 10.7. The van der Waals surface area contributed by atoms with Gasteiger partial charge in [0, 0.05) is 0 Å². The zero-order valence-corrected chi connectivity index (χ0v) is 15.8. The van der Waals surface area contributed by atoms with Crippen molar-refractivity contribution in [3.63, 3.8) is 0 Å². The summed E-state index contributed by atoms with van der Waals surface area (Å²) in [6.07, 6.45) is 2.25. The Kier molecular flexibility index (Phi) is 7.79. The number of rotatable bonds is 8. The molecule has 2 aromatic rings. The Balaban J connectivity index is 2.00. The van der Waals surface area contributed by atoms with E-state index in [9.17, 15) is 9.59 Å². The van der Waals surface area contributed by atoms with Crippen LogP contribution in [0.3, 0.4) is 0 Å². The van der Waals surface area contributed by atoms with Crippen LogP contribution in [-0.4, -0.2) is 25.2 Å². The van der Waals surface area contributed by atoms with Gasteiger partial charge in [-0.25, -0.2) is 9.59 Å². The van der Waals surface area contributed by atoms with Crippen LogP contribution in [0.5, 0.6) is 11.5 Å². The van der Waals surface area contributed by atoms with E-state index in [0.717, 1.165) is 12.0 Å². The van der Waals surface area contributed by atoms with Gasteiger partial charge < -0.3 is 14.2 Å². The average molecular weight is 379 g/mol. The van der Waals surface area contributed by atoms with E-state index in [1.807, 2.05) is 25.1 Å². The van der Waals surface area contributed by atoms with Crippen molar-refractivity contribution >= 4 is 18.0 Å². The number of ether oxygens (including phenoxy) is 3. The number of carbonyl (C=O) groups is 2. The quantitative estimate of drug-likeness (QED) is 0.301. The first-order valence-corrected chi connectivity index (χ1v) is 8.87. The van der Waals surface area contributed by atoms with Gasteiger partial charge in [-0.2, -0.15) is 5.26 Å². The SMILES string of the molecule is CCOC(=O)/C(C#N)=C/c1cccc(OC(=O)COc2cccc(CC)c2)c1. The number of carbonyl (C=O) groups excluding carboxylic acids is 2. The molecule has 0 radical (unpaired) electrons. The lowest BCUT2D eigenvalue weighted by molar-refractivity contribution is -0.138. The van der Waals surface area contributed by atoms with Gasteiger partial charge in [0.05, 0.1) is 6.61 Å². The number of nitrogens with zero attached hydrogens (tertiary/aromatic N) is 1. The molecule has 0 aliphatic heterocycles. The molecule has 28 heavy (non-hydrogen) atoms. The van der Waals surface area contributed by atoms with Crippen LogP contribution in [0, 0.1) is 11.3 Å². The molecule has 6 heteroatoms. The van der Waals surface area contributed by atoms with Gasteiger partial charge in [0.25, 0.3) is 0 Å². The lowest BCUT2D eigenvalue weighted by Gasteiger charge is -2.08. The van der Waals surface area contributed by atoms with Crippen molar-refractivity contribution in [3.8, 4) is 17.6 Å². The third-order valence-electron chi connectivity index (χ3n) is 3.68. The van der Waals surface area contributed by atoms with Gasteiger partial charge in [-0.15, -0.1) is 0 Å². The number of esters is 2. The highest BCUT2D eigenvalue weighted by molar-refractivity contribution is 5.97. The predicted molar refractivity (Wildman–Crippen MR) is 104 cm³/mol. The van der Waals surface area contributed by atoms with E-state index in [0.29, 0.717) is 11.3 Å². The van der Waals surface area contributed by atoms with Gasteiger partial charge >= 0.3 is 11.9 Å². The van der Waals surface area contributed by atoms with E-state index in [2.05, 4.69) is 0 Å². The highest BCUT2D eigenvalue weighted by Crippen LogP contribution is 2.17. The number of hydrogen-bond donors (Lipinski definition) is 0. The molecule has 0 fully saturated rings. The molecule has 0 atom stereocenters. The molecule has 0 saturated carbocycles. The third kappa shape index (κ3) is 6.29. The van der Waals surface area contributed by atoms with Crippen LogP contribution in [0.2, 0.25) is 0 Å². The molecule has 0 bridgehead atoms. The molecule has 0 saturated heterocycles. The maximum Gasteiger partial charge on any atom is 0.349 e. The molecule has 6 nitrogen and oxygen atoms in total. The Morgan fingerprint density at radius 2 is 1.82 bits per heavy atom. The minimum Gasteiger partial charge on any atom is -0.482 e. The Morgan fingerprint density at radius 1 is 1.07 bits per heavy atom. The maximum atomic E-state index is 12.0. The molecule has 0 spiro atoms. The Morgan fingerprint density at radius 3 is 2.54 bits per heavy atom. The summed E-state index contributed by atoms with van der Waals surface area (Å²) in [7, 11) is 0. The summed E-state index contributed by atoms with van der Waals surface area (Å²) in [6.45, 7) is 3.64. The zero-order valence-electron chi connectivity index (χ0n) is 15.8. The topological polar surface area (TPSA) is 85.6 Å². The van der Waals surface area contributed by atoms with Crippen molar-refractivity contribution in [1.29, 1.82) is 5.26 Å². The van der Waals surface area contributed by atoms with Crippen molar-refractivity contribution in [2.75, 3.05) is 13.2 Å². The second kappa shape index (κ2) is 10.5. The third-order valence-corrected chi connectivity index (χ3v) is 3.68. The van der Waals surface area contributed by atoms with Gasteiger partial charge in [-0.05, 0) is 54.8 Å². The van der Waals surface area contributed by atoms with Crippen LogP contribution in [0.4, 0.5) is 0 Å². The van der Waals surface area contributed by atoms with E-state index in [1.54, 1.807) is 43.3 Å². The minimum atomic E-state index is -0.699. The smallest absolute Gasteiger partial charge is 0.349 e. The molecule has 0 aromatic heterocycles. The first kappa shape index (κ1) is 20.7. The molecule has 0 aliphatic rings. The second-order valence-electron chi connectivity index (χ2n) is 5.73. The summed E-state index contributed by atoms with van der Waals surface area (Å²) in [4.78, 5) is 23.7. The number of aryl methyl sites for hydroxylation is 1. The van der Waals surface area contributed by atoms with E-state index in [-0.39, 0.29) is 24.5 Å². The van der Waals surface area contributed by atoms with Crippen LogP contribution in [-0.2, 0) is 20.7 Å². The molecule has 0 amide bonds. The van der Waals surface area contributed by atoms with Gasteiger partial charge in [-0.1, -0.05) is 31.2 Å². The van der Waals surface area contributed by atoms with Crippen molar-refractivity contribution in [1.82, 2.24) is 0 Å².